The number of fused-ring (bicyclic) bond motifs is 2. The first-order valence-electron chi connectivity index (χ1n) is 10.5. The Bertz CT molecular complexity index is 1160. The van der Waals surface area contributed by atoms with Crippen molar-refractivity contribution in [3.05, 3.63) is 87.7 Å². The Hall–Kier alpha value is -2.89. The molecule has 5 rings (SSSR count). The molecule has 0 spiro atoms. The molecule has 0 bridgehead atoms. The molecule has 2 N–H and O–H groups in total. The smallest absolute Gasteiger partial charge is 0.224 e. The van der Waals surface area contributed by atoms with Gasteiger partial charge in [0.15, 0.2) is 0 Å². The van der Waals surface area contributed by atoms with Crippen LogP contribution in [0.1, 0.15) is 28.0 Å². The van der Waals surface area contributed by atoms with Crippen molar-refractivity contribution in [2.75, 3.05) is 11.9 Å². The van der Waals surface area contributed by atoms with Gasteiger partial charge >= 0.3 is 0 Å². The highest BCUT2D eigenvalue weighted by molar-refractivity contribution is 7.09. The number of aryl methyl sites for hydroxylation is 1. The molecule has 1 aliphatic heterocycles. The van der Waals surface area contributed by atoms with E-state index in [1.54, 1.807) is 0 Å². The largest absolute Gasteiger partial charge is 0.361 e. The van der Waals surface area contributed by atoms with Crippen LogP contribution in [0.3, 0.4) is 0 Å². The van der Waals surface area contributed by atoms with E-state index in [1.807, 2.05) is 35.7 Å². The zero-order valence-corrected chi connectivity index (χ0v) is 17.7. The molecular weight excluding hydrogens is 390 g/mol. The van der Waals surface area contributed by atoms with Crippen LogP contribution in [-0.2, 0) is 30.7 Å². The lowest BCUT2D eigenvalue weighted by Gasteiger charge is -2.28. The Morgan fingerprint density at radius 3 is 2.93 bits per heavy atom. The summed E-state index contributed by atoms with van der Waals surface area (Å²) in [5.74, 6) is 0.0616. The number of carbonyl (C=O) groups is 1. The molecule has 0 unspecified atom stereocenters. The fraction of sp³-hybridized carbons (Fsp3) is 0.240. The topological polar surface area (TPSA) is 48.1 Å². The van der Waals surface area contributed by atoms with Gasteiger partial charge in [-0.05, 0) is 59.2 Å². The van der Waals surface area contributed by atoms with E-state index in [1.165, 1.54) is 27.0 Å². The summed E-state index contributed by atoms with van der Waals surface area (Å²) in [4.78, 5) is 19.7. The van der Waals surface area contributed by atoms with E-state index in [-0.39, 0.29) is 5.91 Å². The molecule has 0 fully saturated rings. The Morgan fingerprint density at radius 2 is 2.03 bits per heavy atom. The van der Waals surface area contributed by atoms with Crippen molar-refractivity contribution >= 4 is 33.8 Å². The van der Waals surface area contributed by atoms with Gasteiger partial charge in [0.05, 0.1) is 0 Å². The molecule has 0 radical (unpaired) electrons. The molecule has 1 aliphatic rings. The van der Waals surface area contributed by atoms with Gasteiger partial charge in [-0.2, -0.15) is 0 Å². The van der Waals surface area contributed by atoms with Crippen LogP contribution in [0.5, 0.6) is 0 Å². The van der Waals surface area contributed by atoms with Gasteiger partial charge in [0.1, 0.15) is 0 Å². The first-order chi connectivity index (χ1) is 14.7. The Kier molecular flexibility index (Phi) is 5.39. The number of aromatic amines is 1. The van der Waals surface area contributed by atoms with E-state index in [0.717, 1.165) is 43.7 Å². The minimum atomic E-state index is 0.0616. The number of nitrogens with zero attached hydrogens (tertiary/aromatic N) is 1. The third-order valence-electron chi connectivity index (χ3n) is 5.84. The maximum absolute atomic E-state index is 12.6. The molecule has 3 heterocycles. The van der Waals surface area contributed by atoms with Gasteiger partial charge in [-0.3, -0.25) is 9.69 Å². The fourth-order valence-electron chi connectivity index (χ4n) is 4.26. The van der Waals surface area contributed by atoms with E-state index < -0.39 is 0 Å². The van der Waals surface area contributed by atoms with Crippen LogP contribution in [0.2, 0.25) is 0 Å². The number of nitrogens with one attached hydrogen (secondary N) is 2. The molecular formula is C25H25N3OS. The van der Waals surface area contributed by atoms with Crippen LogP contribution in [0, 0.1) is 0 Å². The number of carbonyl (C=O) groups excluding carboxylic acids is 1. The Morgan fingerprint density at radius 1 is 1.10 bits per heavy atom. The lowest BCUT2D eigenvalue weighted by atomic mass is 9.99. The van der Waals surface area contributed by atoms with E-state index >= 15 is 0 Å². The lowest BCUT2D eigenvalue weighted by molar-refractivity contribution is -0.116. The summed E-state index contributed by atoms with van der Waals surface area (Å²) in [7, 11) is 0. The van der Waals surface area contributed by atoms with Crippen molar-refractivity contribution in [3.63, 3.8) is 0 Å². The second-order valence-electron chi connectivity index (χ2n) is 7.93. The molecule has 0 saturated heterocycles. The van der Waals surface area contributed by atoms with Gasteiger partial charge in [0.2, 0.25) is 5.91 Å². The van der Waals surface area contributed by atoms with E-state index in [0.29, 0.717) is 6.42 Å². The quantitative estimate of drug-likeness (QED) is 0.445. The van der Waals surface area contributed by atoms with E-state index in [2.05, 4.69) is 57.0 Å². The molecule has 4 aromatic rings. The first-order valence-corrected chi connectivity index (χ1v) is 11.3. The summed E-state index contributed by atoms with van der Waals surface area (Å²) < 4.78 is 0. The highest BCUT2D eigenvalue weighted by Gasteiger charge is 2.17. The van der Waals surface area contributed by atoms with Gasteiger partial charge in [0.25, 0.3) is 0 Å². The standard InChI is InChI=1S/C25H25N3OS/c29-25(10-8-19-15-26-24-6-2-1-5-23(19)24)27-21-9-7-18-11-12-28(16-20(18)14-21)17-22-4-3-13-30-22/h1-7,9,13-15,26H,8,10-12,16-17H2,(H,27,29). The number of thiophene rings is 1. The summed E-state index contributed by atoms with van der Waals surface area (Å²) in [6.07, 6.45) is 4.29. The predicted molar refractivity (Wildman–Crippen MR) is 124 cm³/mol. The number of amides is 1. The summed E-state index contributed by atoms with van der Waals surface area (Å²) >= 11 is 1.81. The zero-order chi connectivity index (χ0) is 20.3. The summed E-state index contributed by atoms with van der Waals surface area (Å²) in [5, 5.41) is 6.43. The van der Waals surface area contributed by atoms with E-state index in [9.17, 15) is 4.79 Å². The van der Waals surface area contributed by atoms with Crippen LogP contribution in [0.15, 0.2) is 66.2 Å². The normalized spacial score (nSPS) is 14.0. The number of hydrogen-bond acceptors (Lipinski definition) is 3. The van der Waals surface area contributed by atoms with Crippen LogP contribution in [0.4, 0.5) is 5.69 Å². The van der Waals surface area contributed by atoms with Gasteiger partial charge in [-0.15, -0.1) is 11.3 Å². The molecule has 152 valence electrons. The Labute approximate surface area is 180 Å². The SMILES string of the molecule is O=C(CCc1c[nH]c2ccccc12)Nc1ccc2c(c1)CN(Cc1cccs1)CC2. The molecule has 2 aromatic heterocycles. The first kappa shape index (κ1) is 19.1. The molecule has 0 aliphatic carbocycles. The van der Waals surface area contributed by atoms with Crippen LogP contribution in [0.25, 0.3) is 10.9 Å². The van der Waals surface area contributed by atoms with Crippen LogP contribution in [-0.4, -0.2) is 22.3 Å². The van der Waals surface area contributed by atoms with Crippen LogP contribution < -0.4 is 5.32 Å². The number of hydrogen-bond donors (Lipinski definition) is 2. The number of anilines is 1. The number of rotatable bonds is 6. The second-order valence-corrected chi connectivity index (χ2v) is 8.96. The maximum Gasteiger partial charge on any atom is 0.224 e. The van der Waals surface area contributed by atoms with Gasteiger partial charge in [0, 0.05) is 53.7 Å². The summed E-state index contributed by atoms with van der Waals surface area (Å²) in [6.45, 7) is 3.02. The number of H-pyrrole nitrogens is 1. The molecule has 0 saturated carbocycles. The van der Waals surface area contributed by atoms with Gasteiger partial charge < -0.3 is 10.3 Å². The lowest BCUT2D eigenvalue weighted by Crippen LogP contribution is -2.29. The molecule has 5 heteroatoms. The van der Waals surface area contributed by atoms with Crippen molar-refractivity contribution in [1.29, 1.82) is 0 Å². The minimum Gasteiger partial charge on any atom is -0.361 e. The average Bonchev–Trinajstić information content (AvgIpc) is 3.42. The molecule has 30 heavy (non-hydrogen) atoms. The molecule has 0 atom stereocenters. The number of aromatic nitrogens is 1. The summed E-state index contributed by atoms with van der Waals surface area (Å²) in [5.41, 5.74) is 5.93. The second kappa shape index (κ2) is 8.46. The van der Waals surface area contributed by atoms with Crippen molar-refractivity contribution in [3.8, 4) is 0 Å². The zero-order valence-electron chi connectivity index (χ0n) is 16.9. The maximum atomic E-state index is 12.6. The third-order valence-corrected chi connectivity index (χ3v) is 6.70. The van der Waals surface area contributed by atoms with Crippen molar-refractivity contribution in [1.82, 2.24) is 9.88 Å². The third kappa shape index (κ3) is 4.18. The van der Waals surface area contributed by atoms with Crippen LogP contribution >= 0.6 is 11.3 Å². The average molecular weight is 416 g/mol. The highest BCUT2D eigenvalue weighted by atomic mass is 32.1. The summed E-state index contributed by atoms with van der Waals surface area (Å²) in [6, 6.07) is 18.9. The van der Waals surface area contributed by atoms with Crippen molar-refractivity contribution in [2.24, 2.45) is 0 Å². The Balaban J connectivity index is 1.21. The minimum absolute atomic E-state index is 0.0616. The van der Waals surface area contributed by atoms with Crippen molar-refractivity contribution in [2.45, 2.75) is 32.4 Å². The fourth-order valence-corrected chi connectivity index (χ4v) is 5.01. The van der Waals surface area contributed by atoms with E-state index in [4.69, 9.17) is 0 Å². The number of benzene rings is 2. The predicted octanol–water partition coefficient (Wildman–Crippen LogP) is 5.36. The van der Waals surface area contributed by atoms with Gasteiger partial charge in [-0.25, -0.2) is 0 Å². The monoisotopic (exact) mass is 415 g/mol. The molecule has 2 aromatic carbocycles. The molecule has 1 amide bonds. The van der Waals surface area contributed by atoms with Crippen molar-refractivity contribution < 1.29 is 4.79 Å². The highest BCUT2D eigenvalue weighted by Crippen LogP contribution is 2.25. The molecule has 4 nitrogen and oxygen atoms in total. The van der Waals surface area contributed by atoms with Gasteiger partial charge in [-0.1, -0.05) is 30.3 Å². The number of para-hydroxylation sites is 1.